The van der Waals surface area contributed by atoms with Gasteiger partial charge in [0.15, 0.2) is 0 Å². The number of ether oxygens (including phenoxy) is 2. The fourth-order valence-electron chi connectivity index (χ4n) is 4.62. The zero-order valence-electron chi connectivity index (χ0n) is 23.5. The highest BCUT2D eigenvalue weighted by Crippen LogP contribution is 2.38. The van der Waals surface area contributed by atoms with Gasteiger partial charge in [-0.3, -0.25) is 4.79 Å². The van der Waals surface area contributed by atoms with E-state index in [4.69, 9.17) is 25.4 Å². The summed E-state index contributed by atoms with van der Waals surface area (Å²) in [6.45, 7) is 9.96. The van der Waals surface area contributed by atoms with Crippen LogP contribution in [-0.4, -0.2) is 42.0 Å². The molecule has 0 saturated heterocycles. The third-order valence-corrected chi connectivity index (χ3v) is 7.22. The second kappa shape index (κ2) is 12.3. The molecule has 0 amide bonds. The van der Waals surface area contributed by atoms with Crippen molar-refractivity contribution in [1.82, 2.24) is 0 Å². The van der Waals surface area contributed by atoms with E-state index in [2.05, 4.69) is 0 Å². The number of carbonyl (C=O) groups excluding carboxylic acids is 1. The average molecular weight is 525 g/mol. The van der Waals surface area contributed by atoms with Crippen molar-refractivity contribution in [2.75, 3.05) is 19.8 Å². The van der Waals surface area contributed by atoms with Crippen LogP contribution in [-0.2, 0) is 9.53 Å². The van der Waals surface area contributed by atoms with Crippen LogP contribution in [0.4, 0.5) is 0 Å². The zero-order chi connectivity index (χ0) is 28.0. The maximum absolute atomic E-state index is 13.0. The molecular formula is C31H44N2O5. The number of aliphatic hydroxyl groups is 1. The number of nitrogens with two attached hydrogens (primary N) is 2. The molecule has 3 rings (SSSR count). The molecule has 0 aliphatic heterocycles. The SMILES string of the molecule is CC(C)(N)CC(C)(C(=O)OCCCCC(CO)COc1ccc2cc(-c3ccccc3)oc2c1)C(C)(C)N. The topological polar surface area (TPSA) is 121 Å². The molecule has 0 spiro atoms. The Morgan fingerprint density at radius 1 is 1.00 bits per heavy atom. The van der Waals surface area contributed by atoms with Gasteiger partial charge in [-0.15, -0.1) is 0 Å². The summed E-state index contributed by atoms with van der Waals surface area (Å²) >= 11 is 0. The summed E-state index contributed by atoms with van der Waals surface area (Å²) in [6, 6.07) is 17.8. The van der Waals surface area contributed by atoms with E-state index in [0.29, 0.717) is 31.8 Å². The van der Waals surface area contributed by atoms with Crippen molar-refractivity contribution in [3.63, 3.8) is 0 Å². The fraction of sp³-hybridized carbons (Fsp3) is 0.516. The summed E-state index contributed by atoms with van der Waals surface area (Å²) in [6.07, 6.45) is 2.66. The lowest BCUT2D eigenvalue weighted by Gasteiger charge is -2.42. The molecule has 1 heterocycles. The number of fused-ring (bicyclic) bond motifs is 1. The molecule has 7 nitrogen and oxygen atoms in total. The highest BCUT2D eigenvalue weighted by atomic mass is 16.5. The molecule has 1 aromatic heterocycles. The summed E-state index contributed by atoms with van der Waals surface area (Å²) in [5, 5.41) is 10.9. The maximum atomic E-state index is 13.0. The number of hydrogen-bond donors (Lipinski definition) is 3. The van der Waals surface area contributed by atoms with E-state index in [1.54, 1.807) is 0 Å². The van der Waals surface area contributed by atoms with E-state index in [1.807, 2.05) is 89.2 Å². The number of unbranched alkanes of at least 4 members (excludes halogenated alkanes) is 1. The van der Waals surface area contributed by atoms with Gasteiger partial charge in [-0.2, -0.15) is 0 Å². The molecule has 0 saturated carbocycles. The van der Waals surface area contributed by atoms with Crippen molar-refractivity contribution in [2.24, 2.45) is 22.8 Å². The lowest BCUT2D eigenvalue weighted by atomic mass is 9.67. The summed E-state index contributed by atoms with van der Waals surface area (Å²) in [4.78, 5) is 13.0. The second-order valence-electron chi connectivity index (χ2n) is 11.9. The van der Waals surface area contributed by atoms with Crippen LogP contribution in [0.15, 0.2) is 59.0 Å². The van der Waals surface area contributed by atoms with Crippen molar-refractivity contribution in [3.8, 4) is 17.1 Å². The van der Waals surface area contributed by atoms with E-state index in [0.717, 1.165) is 35.1 Å². The molecule has 208 valence electrons. The number of carbonyl (C=O) groups is 1. The Labute approximate surface area is 226 Å². The summed E-state index contributed by atoms with van der Waals surface area (Å²) in [5.41, 5.74) is 12.1. The average Bonchev–Trinajstić information content (AvgIpc) is 3.28. The molecule has 0 aliphatic rings. The van der Waals surface area contributed by atoms with Gasteiger partial charge < -0.3 is 30.5 Å². The quantitative estimate of drug-likeness (QED) is 0.183. The number of esters is 1. The number of aliphatic hydroxyl groups excluding tert-OH is 1. The summed E-state index contributed by atoms with van der Waals surface area (Å²) in [7, 11) is 0. The predicted molar refractivity (Wildman–Crippen MR) is 152 cm³/mol. The Hall–Kier alpha value is -2.87. The van der Waals surface area contributed by atoms with Gasteiger partial charge >= 0.3 is 5.97 Å². The molecule has 5 N–H and O–H groups in total. The third kappa shape index (κ3) is 7.82. The zero-order valence-corrected chi connectivity index (χ0v) is 23.5. The van der Waals surface area contributed by atoms with Crippen LogP contribution in [0.2, 0.25) is 0 Å². The lowest BCUT2D eigenvalue weighted by Crippen LogP contribution is -2.58. The fourth-order valence-corrected chi connectivity index (χ4v) is 4.62. The second-order valence-corrected chi connectivity index (χ2v) is 11.9. The van der Waals surface area contributed by atoms with Crippen LogP contribution in [0.1, 0.15) is 60.3 Å². The smallest absolute Gasteiger partial charge is 0.313 e. The molecule has 0 fully saturated rings. The van der Waals surface area contributed by atoms with Gasteiger partial charge in [0.25, 0.3) is 0 Å². The van der Waals surface area contributed by atoms with E-state index in [9.17, 15) is 9.90 Å². The molecule has 0 aliphatic carbocycles. The Balaban J connectivity index is 1.46. The molecule has 2 atom stereocenters. The first-order chi connectivity index (χ1) is 17.8. The Morgan fingerprint density at radius 2 is 1.71 bits per heavy atom. The van der Waals surface area contributed by atoms with Crippen molar-refractivity contribution in [1.29, 1.82) is 0 Å². The molecule has 0 bridgehead atoms. The maximum Gasteiger partial charge on any atom is 0.313 e. The van der Waals surface area contributed by atoms with Crippen molar-refractivity contribution in [2.45, 2.75) is 71.4 Å². The lowest BCUT2D eigenvalue weighted by molar-refractivity contribution is -0.160. The minimum absolute atomic E-state index is 0.0198. The monoisotopic (exact) mass is 524 g/mol. The number of furan rings is 1. The molecule has 3 aromatic rings. The van der Waals surface area contributed by atoms with Gasteiger partial charge in [-0.1, -0.05) is 30.3 Å². The standard InChI is InChI=1S/C31H44N2O5/c1-29(2,32)21-31(5,30(3,4)33)28(35)36-16-10-9-11-22(19-34)20-37-25-15-14-24-17-26(38-27(24)18-25)23-12-7-6-8-13-23/h6-8,12-15,17-18,22,34H,9-11,16,19-21,32-33H2,1-5H3. The Kier molecular flexibility index (Phi) is 9.63. The minimum Gasteiger partial charge on any atom is -0.493 e. The van der Waals surface area contributed by atoms with Gasteiger partial charge in [0, 0.05) is 40.6 Å². The first-order valence-electron chi connectivity index (χ1n) is 13.4. The molecule has 7 heteroatoms. The first-order valence-corrected chi connectivity index (χ1v) is 13.4. The van der Waals surface area contributed by atoms with Crippen molar-refractivity contribution >= 4 is 16.9 Å². The van der Waals surface area contributed by atoms with Crippen LogP contribution >= 0.6 is 0 Å². The van der Waals surface area contributed by atoms with Crippen LogP contribution < -0.4 is 16.2 Å². The number of rotatable bonds is 14. The third-order valence-electron chi connectivity index (χ3n) is 7.22. The predicted octanol–water partition coefficient (Wildman–Crippen LogP) is 5.67. The van der Waals surface area contributed by atoms with E-state index in [1.165, 1.54) is 0 Å². The van der Waals surface area contributed by atoms with Gasteiger partial charge in [-0.05, 0) is 78.5 Å². The van der Waals surface area contributed by atoms with Gasteiger partial charge in [0.2, 0.25) is 0 Å². The number of benzene rings is 2. The van der Waals surface area contributed by atoms with Crippen molar-refractivity contribution in [3.05, 3.63) is 54.6 Å². The Bertz CT molecular complexity index is 1180. The molecule has 38 heavy (non-hydrogen) atoms. The van der Waals surface area contributed by atoms with Gasteiger partial charge in [0.1, 0.15) is 17.1 Å². The molecule has 2 unspecified atom stereocenters. The minimum atomic E-state index is -0.899. The van der Waals surface area contributed by atoms with Gasteiger partial charge in [0.05, 0.1) is 18.6 Å². The normalized spacial score (nSPS) is 14.7. The largest absolute Gasteiger partial charge is 0.493 e. The summed E-state index contributed by atoms with van der Waals surface area (Å²) in [5.74, 6) is 1.16. The van der Waals surface area contributed by atoms with Crippen LogP contribution in [0.3, 0.4) is 0 Å². The van der Waals surface area contributed by atoms with Crippen LogP contribution in [0, 0.1) is 11.3 Å². The highest BCUT2D eigenvalue weighted by molar-refractivity contribution is 5.84. The Morgan fingerprint density at radius 3 is 2.34 bits per heavy atom. The van der Waals surface area contributed by atoms with E-state index >= 15 is 0 Å². The summed E-state index contributed by atoms with van der Waals surface area (Å²) < 4.78 is 17.6. The van der Waals surface area contributed by atoms with E-state index in [-0.39, 0.29) is 18.5 Å². The molecule has 2 aromatic carbocycles. The van der Waals surface area contributed by atoms with Crippen LogP contribution in [0.5, 0.6) is 5.75 Å². The first kappa shape index (κ1) is 29.7. The highest BCUT2D eigenvalue weighted by Gasteiger charge is 2.48. The number of hydrogen-bond acceptors (Lipinski definition) is 7. The van der Waals surface area contributed by atoms with Crippen molar-refractivity contribution < 1.29 is 23.8 Å². The molecule has 0 radical (unpaired) electrons. The van der Waals surface area contributed by atoms with Crippen LogP contribution in [0.25, 0.3) is 22.3 Å². The van der Waals surface area contributed by atoms with Gasteiger partial charge in [-0.25, -0.2) is 0 Å². The van der Waals surface area contributed by atoms with E-state index < -0.39 is 16.5 Å². The molecular weight excluding hydrogens is 480 g/mol.